The lowest BCUT2D eigenvalue weighted by Gasteiger charge is -2.22. The maximum absolute atomic E-state index is 9.07. The van der Waals surface area contributed by atoms with Gasteiger partial charge in [0.25, 0.3) is 0 Å². The summed E-state index contributed by atoms with van der Waals surface area (Å²) in [6, 6.07) is 0. The third kappa shape index (κ3) is 1.54. The van der Waals surface area contributed by atoms with Crippen LogP contribution in [0, 0.1) is 0 Å². The highest BCUT2D eigenvalue weighted by atomic mass is 16.8. The van der Waals surface area contributed by atoms with Gasteiger partial charge in [-0.1, -0.05) is 0 Å². The number of rotatable bonds is 2. The fraction of sp³-hybridized carbons (Fsp3) is 1.00. The molecule has 2 saturated heterocycles. The van der Waals surface area contributed by atoms with Crippen LogP contribution in [0.15, 0.2) is 0 Å². The Kier molecular flexibility index (Phi) is 2.50. The second kappa shape index (κ2) is 3.41. The SMILES string of the molecule is CC1(C)O[C@@H]2[C@@H](CO)OC(NN)[C@@H]2O1. The van der Waals surface area contributed by atoms with Gasteiger partial charge >= 0.3 is 0 Å². The maximum Gasteiger partial charge on any atom is 0.164 e. The van der Waals surface area contributed by atoms with Gasteiger partial charge in [0.1, 0.15) is 24.5 Å². The Balaban J connectivity index is 2.12. The first kappa shape index (κ1) is 10.3. The molecule has 0 amide bonds. The van der Waals surface area contributed by atoms with Crippen LogP contribution in [0.25, 0.3) is 0 Å². The first-order valence-electron chi connectivity index (χ1n) is 4.65. The zero-order chi connectivity index (χ0) is 10.3. The minimum absolute atomic E-state index is 0.0984. The number of hydrogen-bond donors (Lipinski definition) is 3. The summed E-state index contributed by atoms with van der Waals surface area (Å²) >= 11 is 0. The fourth-order valence-electron chi connectivity index (χ4n) is 1.96. The highest BCUT2D eigenvalue weighted by Crippen LogP contribution is 2.37. The topological polar surface area (TPSA) is 86.0 Å². The lowest BCUT2D eigenvalue weighted by molar-refractivity contribution is -0.193. The van der Waals surface area contributed by atoms with Gasteiger partial charge in [0.15, 0.2) is 5.79 Å². The standard InChI is InChI=1S/C8H16N2O4/c1-8(2)13-5-4(3-11)12-7(10-9)6(5)14-8/h4-7,10-11H,3,9H2,1-2H3/t4-,5-,6-,7?/m1/s1. The number of fused-ring (bicyclic) bond motifs is 1. The van der Waals surface area contributed by atoms with Crippen LogP contribution in [-0.2, 0) is 14.2 Å². The second-order valence-corrected chi connectivity index (χ2v) is 4.01. The molecule has 0 bridgehead atoms. The van der Waals surface area contributed by atoms with Crippen LogP contribution in [-0.4, -0.2) is 42.0 Å². The molecule has 2 rings (SSSR count). The molecule has 0 aromatic carbocycles. The number of aliphatic hydroxyl groups is 1. The van der Waals surface area contributed by atoms with E-state index in [2.05, 4.69) is 5.43 Å². The van der Waals surface area contributed by atoms with Crippen LogP contribution in [0.2, 0.25) is 0 Å². The molecule has 0 aromatic heterocycles. The average molecular weight is 204 g/mol. The Hall–Kier alpha value is -0.240. The molecule has 4 N–H and O–H groups in total. The minimum Gasteiger partial charge on any atom is -0.394 e. The van der Waals surface area contributed by atoms with Gasteiger partial charge in [-0.3, -0.25) is 5.84 Å². The molecule has 6 heteroatoms. The third-order valence-electron chi connectivity index (χ3n) is 2.49. The van der Waals surface area contributed by atoms with Crippen LogP contribution in [0.1, 0.15) is 13.8 Å². The first-order valence-corrected chi connectivity index (χ1v) is 4.65. The number of nitrogens with one attached hydrogen (secondary N) is 1. The van der Waals surface area contributed by atoms with Crippen molar-refractivity contribution in [1.82, 2.24) is 5.43 Å². The molecule has 2 fully saturated rings. The molecule has 2 aliphatic rings. The first-order chi connectivity index (χ1) is 6.57. The van der Waals surface area contributed by atoms with Gasteiger partial charge in [-0.05, 0) is 13.8 Å². The van der Waals surface area contributed by atoms with Crippen LogP contribution in [0.3, 0.4) is 0 Å². The highest BCUT2D eigenvalue weighted by Gasteiger charge is 2.54. The number of hydrogen-bond acceptors (Lipinski definition) is 6. The van der Waals surface area contributed by atoms with E-state index in [-0.39, 0.29) is 24.9 Å². The molecule has 1 unspecified atom stereocenters. The smallest absolute Gasteiger partial charge is 0.164 e. The van der Waals surface area contributed by atoms with E-state index >= 15 is 0 Å². The van der Waals surface area contributed by atoms with E-state index in [9.17, 15) is 0 Å². The quantitative estimate of drug-likeness (QED) is 0.382. The fourth-order valence-corrected chi connectivity index (χ4v) is 1.96. The van der Waals surface area contributed by atoms with Crippen molar-refractivity contribution in [2.24, 2.45) is 5.84 Å². The molecule has 14 heavy (non-hydrogen) atoms. The van der Waals surface area contributed by atoms with E-state index in [0.29, 0.717) is 0 Å². The zero-order valence-electron chi connectivity index (χ0n) is 8.27. The second-order valence-electron chi connectivity index (χ2n) is 4.01. The van der Waals surface area contributed by atoms with Gasteiger partial charge in [-0.2, -0.15) is 0 Å². The number of ether oxygens (including phenoxy) is 3. The van der Waals surface area contributed by atoms with E-state index in [4.69, 9.17) is 25.2 Å². The van der Waals surface area contributed by atoms with Crippen LogP contribution in [0.5, 0.6) is 0 Å². The van der Waals surface area contributed by atoms with Gasteiger partial charge in [0.2, 0.25) is 0 Å². The highest BCUT2D eigenvalue weighted by molar-refractivity contribution is 4.96. The molecule has 2 heterocycles. The van der Waals surface area contributed by atoms with Gasteiger partial charge in [0, 0.05) is 0 Å². The third-order valence-corrected chi connectivity index (χ3v) is 2.49. The molecule has 82 valence electrons. The molecule has 6 nitrogen and oxygen atoms in total. The van der Waals surface area contributed by atoms with Gasteiger partial charge in [-0.25, -0.2) is 5.43 Å². The Labute approximate surface area is 82.3 Å². The molecule has 0 saturated carbocycles. The van der Waals surface area contributed by atoms with Crippen molar-refractivity contribution in [3.63, 3.8) is 0 Å². The van der Waals surface area contributed by atoms with Crippen molar-refractivity contribution < 1.29 is 19.3 Å². The van der Waals surface area contributed by atoms with Crippen LogP contribution < -0.4 is 11.3 Å². The maximum atomic E-state index is 9.07. The molecular formula is C8H16N2O4. The lowest BCUT2D eigenvalue weighted by Crippen LogP contribution is -2.44. The summed E-state index contributed by atoms with van der Waals surface area (Å²) in [6.07, 6.45) is -1.30. The largest absolute Gasteiger partial charge is 0.394 e. The lowest BCUT2D eigenvalue weighted by atomic mass is 10.1. The summed E-state index contributed by atoms with van der Waals surface area (Å²) in [7, 11) is 0. The zero-order valence-corrected chi connectivity index (χ0v) is 8.27. The summed E-state index contributed by atoms with van der Waals surface area (Å²) in [5, 5.41) is 9.07. The van der Waals surface area contributed by atoms with E-state index in [0.717, 1.165) is 0 Å². The van der Waals surface area contributed by atoms with E-state index in [1.54, 1.807) is 0 Å². The van der Waals surface area contributed by atoms with Crippen LogP contribution >= 0.6 is 0 Å². The van der Waals surface area contributed by atoms with Gasteiger partial charge in [0.05, 0.1) is 6.61 Å². The summed E-state index contributed by atoms with van der Waals surface area (Å²) in [4.78, 5) is 0. The monoisotopic (exact) mass is 204 g/mol. The number of nitrogens with two attached hydrogens (primary N) is 1. The van der Waals surface area contributed by atoms with Crippen molar-refractivity contribution in [1.29, 1.82) is 0 Å². The summed E-state index contributed by atoms with van der Waals surface area (Å²) in [5.41, 5.74) is 2.50. The molecule has 0 spiro atoms. The Morgan fingerprint density at radius 3 is 2.57 bits per heavy atom. The normalized spacial score (nSPS) is 45.4. The van der Waals surface area contributed by atoms with Crippen molar-refractivity contribution in [3.8, 4) is 0 Å². The summed E-state index contributed by atoms with van der Waals surface area (Å²) in [6.45, 7) is 3.56. The van der Waals surface area contributed by atoms with Gasteiger partial charge < -0.3 is 19.3 Å². The number of hydrazine groups is 1. The predicted octanol–water partition coefficient (Wildman–Crippen LogP) is -1.31. The van der Waals surface area contributed by atoms with E-state index in [1.807, 2.05) is 13.8 Å². The molecule has 2 aliphatic heterocycles. The predicted molar refractivity (Wildman–Crippen MR) is 46.9 cm³/mol. The Morgan fingerprint density at radius 2 is 2.00 bits per heavy atom. The minimum atomic E-state index is -0.637. The van der Waals surface area contributed by atoms with Crippen LogP contribution in [0.4, 0.5) is 0 Å². The van der Waals surface area contributed by atoms with Crippen molar-refractivity contribution in [2.75, 3.05) is 6.61 Å². The molecule has 0 aromatic rings. The average Bonchev–Trinajstić information content (AvgIpc) is 2.57. The van der Waals surface area contributed by atoms with Crippen molar-refractivity contribution in [3.05, 3.63) is 0 Å². The molecular weight excluding hydrogens is 188 g/mol. The molecule has 0 radical (unpaired) electrons. The Morgan fingerprint density at radius 1 is 1.36 bits per heavy atom. The van der Waals surface area contributed by atoms with Crippen molar-refractivity contribution >= 4 is 0 Å². The van der Waals surface area contributed by atoms with Crippen molar-refractivity contribution in [2.45, 2.75) is 44.2 Å². The summed E-state index contributed by atoms with van der Waals surface area (Å²) in [5.74, 6) is 4.67. The van der Waals surface area contributed by atoms with Gasteiger partial charge in [-0.15, -0.1) is 0 Å². The van der Waals surface area contributed by atoms with E-state index in [1.165, 1.54) is 0 Å². The molecule has 0 aliphatic carbocycles. The van der Waals surface area contributed by atoms with E-state index < -0.39 is 12.0 Å². The molecule has 4 atom stereocenters. The summed E-state index contributed by atoms with van der Waals surface area (Å²) < 4.78 is 16.6. The Bertz CT molecular complexity index is 203. The number of aliphatic hydroxyl groups excluding tert-OH is 1.